The zero-order chi connectivity index (χ0) is 16.7. The average Bonchev–Trinajstić information content (AvgIpc) is 2.94. The average molecular weight is 376 g/mol. The number of fused-ring (bicyclic) bond motifs is 3. The van der Waals surface area contributed by atoms with Crippen molar-refractivity contribution in [3.05, 3.63) is 63.8 Å². The van der Waals surface area contributed by atoms with Gasteiger partial charge in [0.1, 0.15) is 0 Å². The molecule has 6 heteroatoms. The summed E-state index contributed by atoms with van der Waals surface area (Å²) < 4.78 is 0. The number of nitrogens with zero attached hydrogens (tertiary/aromatic N) is 1. The van der Waals surface area contributed by atoms with Crippen LogP contribution in [0.4, 0.5) is 5.69 Å². The maximum Gasteiger partial charge on any atom is 0.173 e. The molecular weight excluding hydrogens is 361 g/mol. The first-order valence-electron chi connectivity index (χ1n) is 7.70. The van der Waals surface area contributed by atoms with Crippen LogP contribution in [0.1, 0.15) is 11.3 Å². The summed E-state index contributed by atoms with van der Waals surface area (Å²) in [5.74, 6) is 0. The van der Waals surface area contributed by atoms with Gasteiger partial charge in [-0.15, -0.1) is 0 Å². The number of thiocarbonyl (C=S) groups is 1. The van der Waals surface area contributed by atoms with Crippen LogP contribution in [0.2, 0.25) is 10.0 Å². The van der Waals surface area contributed by atoms with Crippen LogP contribution in [0.5, 0.6) is 0 Å². The van der Waals surface area contributed by atoms with E-state index in [1.807, 2.05) is 42.5 Å². The molecule has 2 heterocycles. The Labute approximate surface area is 155 Å². The highest BCUT2D eigenvalue weighted by atomic mass is 35.5. The lowest BCUT2D eigenvalue weighted by Crippen LogP contribution is -2.38. The quantitative estimate of drug-likeness (QED) is 0.570. The Morgan fingerprint density at radius 2 is 1.83 bits per heavy atom. The van der Waals surface area contributed by atoms with E-state index < -0.39 is 0 Å². The van der Waals surface area contributed by atoms with E-state index in [9.17, 15) is 0 Å². The Balaban J connectivity index is 1.54. The predicted molar refractivity (Wildman–Crippen MR) is 105 cm³/mol. The summed E-state index contributed by atoms with van der Waals surface area (Å²) >= 11 is 17.6. The fraction of sp³-hybridized carbons (Fsp3) is 0.167. The molecule has 3 nitrogen and oxygen atoms in total. The van der Waals surface area contributed by atoms with Crippen molar-refractivity contribution < 1.29 is 0 Å². The van der Waals surface area contributed by atoms with Crippen LogP contribution in [-0.4, -0.2) is 21.5 Å². The van der Waals surface area contributed by atoms with Gasteiger partial charge in [0.15, 0.2) is 5.11 Å². The molecule has 0 saturated heterocycles. The molecule has 1 aliphatic heterocycles. The molecule has 0 bridgehead atoms. The summed E-state index contributed by atoms with van der Waals surface area (Å²) in [5, 5.41) is 6.70. The molecule has 3 aromatic rings. The molecule has 122 valence electrons. The first kappa shape index (κ1) is 15.8. The molecule has 4 rings (SSSR count). The summed E-state index contributed by atoms with van der Waals surface area (Å²) in [7, 11) is 0. The van der Waals surface area contributed by atoms with Gasteiger partial charge in [0, 0.05) is 38.9 Å². The molecule has 0 aliphatic carbocycles. The minimum absolute atomic E-state index is 0.714. The van der Waals surface area contributed by atoms with E-state index in [0.717, 1.165) is 40.8 Å². The summed E-state index contributed by atoms with van der Waals surface area (Å²) in [5.41, 5.74) is 4.62. The lowest BCUT2D eigenvalue weighted by atomic mass is 10.0. The Hall–Kier alpha value is -1.75. The summed E-state index contributed by atoms with van der Waals surface area (Å²) in [6.45, 7) is 1.65. The monoisotopic (exact) mass is 375 g/mol. The molecular formula is C18H15Cl2N3S. The Morgan fingerprint density at radius 1 is 1.08 bits per heavy atom. The molecule has 0 atom stereocenters. The van der Waals surface area contributed by atoms with E-state index in [2.05, 4.69) is 15.2 Å². The van der Waals surface area contributed by atoms with Crippen LogP contribution < -0.4 is 5.32 Å². The maximum atomic E-state index is 6.13. The molecule has 0 amide bonds. The largest absolute Gasteiger partial charge is 0.357 e. The number of hydrogen-bond donors (Lipinski definition) is 2. The minimum atomic E-state index is 0.714. The first-order valence-corrected chi connectivity index (χ1v) is 8.87. The highest BCUT2D eigenvalue weighted by Gasteiger charge is 2.22. The van der Waals surface area contributed by atoms with Crippen LogP contribution in [0.15, 0.2) is 42.5 Å². The molecule has 0 spiro atoms. The number of hydrogen-bond acceptors (Lipinski definition) is 1. The van der Waals surface area contributed by atoms with Gasteiger partial charge in [-0.1, -0.05) is 23.2 Å². The van der Waals surface area contributed by atoms with Crippen LogP contribution >= 0.6 is 35.4 Å². The van der Waals surface area contributed by atoms with E-state index in [1.165, 1.54) is 16.6 Å². The van der Waals surface area contributed by atoms with Crippen molar-refractivity contribution in [3.63, 3.8) is 0 Å². The molecule has 2 N–H and O–H groups in total. The number of rotatable bonds is 1. The number of H-pyrrole nitrogens is 1. The van der Waals surface area contributed by atoms with Crippen LogP contribution in [-0.2, 0) is 13.0 Å². The van der Waals surface area contributed by atoms with Gasteiger partial charge in [0.2, 0.25) is 0 Å². The van der Waals surface area contributed by atoms with E-state index >= 15 is 0 Å². The Morgan fingerprint density at radius 3 is 2.62 bits per heavy atom. The third kappa shape index (κ3) is 2.97. The maximum absolute atomic E-state index is 6.13. The van der Waals surface area contributed by atoms with Crippen LogP contribution in [0.25, 0.3) is 10.9 Å². The molecule has 0 saturated carbocycles. The molecule has 24 heavy (non-hydrogen) atoms. The normalized spacial score (nSPS) is 13.8. The van der Waals surface area contributed by atoms with Gasteiger partial charge in [-0.25, -0.2) is 0 Å². The smallest absolute Gasteiger partial charge is 0.173 e. The van der Waals surface area contributed by atoms with Crippen molar-refractivity contribution in [2.75, 3.05) is 11.9 Å². The van der Waals surface area contributed by atoms with Crippen LogP contribution in [0, 0.1) is 0 Å². The van der Waals surface area contributed by atoms with Crippen molar-refractivity contribution in [1.29, 1.82) is 0 Å². The SMILES string of the molecule is S=C(Nc1ccc(Cl)cc1)N1CCc2c([nH]c3ccc(Cl)cc23)C1. The minimum Gasteiger partial charge on any atom is -0.357 e. The predicted octanol–water partition coefficient (Wildman–Crippen LogP) is 5.23. The van der Waals surface area contributed by atoms with Crippen molar-refractivity contribution in [1.82, 2.24) is 9.88 Å². The van der Waals surface area contributed by atoms with Gasteiger partial charge in [0.05, 0.1) is 6.54 Å². The second-order valence-electron chi connectivity index (χ2n) is 5.88. The lowest BCUT2D eigenvalue weighted by Gasteiger charge is -2.29. The Bertz CT molecular complexity index is 918. The van der Waals surface area contributed by atoms with Crippen molar-refractivity contribution in [3.8, 4) is 0 Å². The van der Waals surface area contributed by atoms with Crippen molar-refractivity contribution >= 4 is 57.1 Å². The molecule has 0 unspecified atom stereocenters. The fourth-order valence-corrected chi connectivity index (χ4v) is 3.69. The molecule has 2 aromatic carbocycles. The van der Waals surface area contributed by atoms with Gasteiger partial charge in [-0.2, -0.15) is 0 Å². The molecule has 0 radical (unpaired) electrons. The second kappa shape index (κ2) is 6.28. The first-order chi connectivity index (χ1) is 11.6. The van der Waals surface area contributed by atoms with Gasteiger partial charge in [0.25, 0.3) is 0 Å². The summed E-state index contributed by atoms with van der Waals surface area (Å²) in [4.78, 5) is 5.66. The topological polar surface area (TPSA) is 31.1 Å². The second-order valence-corrected chi connectivity index (χ2v) is 7.14. The third-order valence-electron chi connectivity index (χ3n) is 4.32. The number of aromatic nitrogens is 1. The molecule has 1 aromatic heterocycles. The number of benzene rings is 2. The number of halogens is 2. The van der Waals surface area contributed by atoms with Gasteiger partial charge < -0.3 is 15.2 Å². The standard InChI is InChI=1S/C18H15Cl2N3S/c19-11-1-4-13(5-2-11)21-18(24)23-8-7-14-15-9-12(20)3-6-16(15)22-17(14)10-23/h1-6,9,22H,7-8,10H2,(H,21,24). The van der Waals surface area contributed by atoms with E-state index in [-0.39, 0.29) is 0 Å². The number of anilines is 1. The highest BCUT2D eigenvalue weighted by Crippen LogP contribution is 2.29. The number of nitrogens with one attached hydrogen (secondary N) is 2. The Kier molecular flexibility index (Phi) is 4.12. The van der Waals surface area contributed by atoms with Gasteiger partial charge >= 0.3 is 0 Å². The van der Waals surface area contributed by atoms with Gasteiger partial charge in [-0.3, -0.25) is 0 Å². The lowest BCUT2D eigenvalue weighted by molar-refractivity contribution is 0.396. The fourth-order valence-electron chi connectivity index (χ4n) is 3.12. The van der Waals surface area contributed by atoms with Gasteiger partial charge in [-0.05, 0) is 66.7 Å². The zero-order valence-electron chi connectivity index (χ0n) is 12.8. The van der Waals surface area contributed by atoms with E-state index in [1.54, 1.807) is 0 Å². The zero-order valence-corrected chi connectivity index (χ0v) is 15.1. The van der Waals surface area contributed by atoms with E-state index in [0.29, 0.717) is 5.02 Å². The summed E-state index contributed by atoms with van der Waals surface area (Å²) in [6, 6.07) is 13.5. The third-order valence-corrected chi connectivity index (χ3v) is 5.17. The van der Waals surface area contributed by atoms with Crippen molar-refractivity contribution in [2.45, 2.75) is 13.0 Å². The molecule has 1 aliphatic rings. The van der Waals surface area contributed by atoms with Crippen LogP contribution in [0.3, 0.4) is 0 Å². The summed E-state index contributed by atoms with van der Waals surface area (Å²) in [6.07, 6.45) is 0.943. The molecule has 0 fully saturated rings. The van der Waals surface area contributed by atoms with Crippen molar-refractivity contribution in [2.24, 2.45) is 0 Å². The van der Waals surface area contributed by atoms with E-state index in [4.69, 9.17) is 35.4 Å². The number of aromatic amines is 1. The highest BCUT2D eigenvalue weighted by molar-refractivity contribution is 7.80.